The lowest BCUT2D eigenvalue weighted by molar-refractivity contribution is -0.0443. The zero-order chi connectivity index (χ0) is 21.0. The molecule has 162 valence electrons. The number of ether oxygens (including phenoxy) is 4. The molecule has 30 heavy (non-hydrogen) atoms. The largest absolute Gasteiger partial charge is 0.444 e. The summed E-state index contributed by atoms with van der Waals surface area (Å²) in [5, 5.41) is 5.19. The lowest BCUT2D eigenvalue weighted by Gasteiger charge is -2.38. The van der Waals surface area contributed by atoms with E-state index in [9.17, 15) is 4.79 Å². The van der Waals surface area contributed by atoms with Gasteiger partial charge in [0.1, 0.15) is 11.1 Å². The van der Waals surface area contributed by atoms with E-state index in [1.807, 2.05) is 26.8 Å². The summed E-state index contributed by atoms with van der Waals surface area (Å²) >= 11 is 6.88. The highest BCUT2D eigenvalue weighted by molar-refractivity contribution is 6.38. The zero-order valence-corrected chi connectivity index (χ0v) is 17.8. The third kappa shape index (κ3) is 3.30. The number of anilines is 2. The second kappa shape index (κ2) is 7.56. The molecule has 5 rings (SSSR count). The second-order valence-corrected chi connectivity index (χ2v) is 8.43. The van der Waals surface area contributed by atoms with Crippen LogP contribution in [-0.4, -0.2) is 62.4 Å². The lowest BCUT2D eigenvalue weighted by Crippen LogP contribution is -2.46. The number of aromatic nitrogens is 1. The normalized spacial score (nSPS) is 28.0. The van der Waals surface area contributed by atoms with Gasteiger partial charge in [-0.25, -0.2) is 4.79 Å². The molecular weight excluding hydrogens is 414 g/mol. The van der Waals surface area contributed by atoms with Gasteiger partial charge in [-0.3, -0.25) is 4.90 Å². The third-order valence-electron chi connectivity index (χ3n) is 5.52. The summed E-state index contributed by atoms with van der Waals surface area (Å²) in [6.45, 7) is 8.64. The standard InChI is InChI=1S/C20H24ClN3O6/c1-10-7-23(8-11(2)28-10)16-13(19-26-4-5-27-19)6-14-17(15(16)21)30-22-18(14)24-9-12(3)29-20(24)25/h6,10-12,19H,4-5,7-9H2,1-3H3/t10-,11-,12?/m1/s1. The van der Waals surface area contributed by atoms with Crippen LogP contribution in [0.2, 0.25) is 5.02 Å². The van der Waals surface area contributed by atoms with Gasteiger partial charge in [-0.05, 0) is 26.8 Å². The van der Waals surface area contributed by atoms with Crippen LogP contribution in [0.15, 0.2) is 10.6 Å². The number of hydrogen-bond donors (Lipinski definition) is 0. The topological polar surface area (TPSA) is 86.5 Å². The highest BCUT2D eigenvalue weighted by Crippen LogP contribution is 2.45. The number of carbonyl (C=O) groups is 1. The molecule has 0 bridgehead atoms. The smallest absolute Gasteiger partial charge is 0.416 e. The van der Waals surface area contributed by atoms with Crippen molar-refractivity contribution in [1.29, 1.82) is 0 Å². The number of benzene rings is 1. The minimum atomic E-state index is -0.553. The van der Waals surface area contributed by atoms with E-state index in [4.69, 9.17) is 35.1 Å². The molecule has 4 heterocycles. The van der Waals surface area contributed by atoms with Crippen molar-refractivity contribution in [2.45, 2.75) is 45.4 Å². The first-order valence-electron chi connectivity index (χ1n) is 10.2. The van der Waals surface area contributed by atoms with Crippen molar-refractivity contribution in [3.8, 4) is 0 Å². The van der Waals surface area contributed by atoms with Gasteiger partial charge in [0.05, 0.1) is 43.0 Å². The molecule has 9 nitrogen and oxygen atoms in total. The molecule has 2 aromatic rings. The Morgan fingerprint density at radius 3 is 2.40 bits per heavy atom. The fourth-order valence-corrected chi connectivity index (χ4v) is 4.77. The van der Waals surface area contributed by atoms with Crippen LogP contribution in [0.3, 0.4) is 0 Å². The van der Waals surface area contributed by atoms with E-state index in [0.29, 0.717) is 54.7 Å². The van der Waals surface area contributed by atoms with Crippen LogP contribution in [0.5, 0.6) is 0 Å². The number of carbonyl (C=O) groups excluding carboxylic acids is 1. The number of amides is 1. The number of halogens is 1. The molecule has 0 saturated carbocycles. The van der Waals surface area contributed by atoms with Gasteiger partial charge in [-0.1, -0.05) is 16.8 Å². The molecule has 1 unspecified atom stereocenters. The van der Waals surface area contributed by atoms with Crippen molar-refractivity contribution in [2.24, 2.45) is 0 Å². The van der Waals surface area contributed by atoms with Crippen molar-refractivity contribution in [3.63, 3.8) is 0 Å². The third-order valence-corrected chi connectivity index (χ3v) is 5.87. The average Bonchev–Trinajstić information content (AvgIpc) is 3.40. The van der Waals surface area contributed by atoms with E-state index in [2.05, 4.69) is 10.1 Å². The summed E-state index contributed by atoms with van der Waals surface area (Å²) in [7, 11) is 0. The van der Waals surface area contributed by atoms with E-state index < -0.39 is 12.4 Å². The first kappa shape index (κ1) is 19.9. The Hall–Kier alpha value is -2.07. The number of rotatable bonds is 3. The molecule has 0 N–H and O–H groups in total. The van der Waals surface area contributed by atoms with Crippen LogP contribution in [-0.2, 0) is 18.9 Å². The monoisotopic (exact) mass is 437 g/mol. The molecule has 3 fully saturated rings. The van der Waals surface area contributed by atoms with Crippen molar-refractivity contribution in [1.82, 2.24) is 5.16 Å². The van der Waals surface area contributed by atoms with Gasteiger partial charge >= 0.3 is 6.09 Å². The predicted molar refractivity (Wildman–Crippen MR) is 109 cm³/mol. The SMILES string of the molecule is CC1CN(c2noc3c(Cl)c(N4C[C@@H](C)O[C@H](C)C4)c(C4OCCO4)cc23)C(=O)O1. The second-order valence-electron chi connectivity index (χ2n) is 8.05. The molecule has 0 radical (unpaired) electrons. The Morgan fingerprint density at radius 1 is 1.07 bits per heavy atom. The highest BCUT2D eigenvalue weighted by Gasteiger charge is 2.36. The van der Waals surface area contributed by atoms with Crippen LogP contribution in [0.4, 0.5) is 16.3 Å². The van der Waals surface area contributed by atoms with Crippen LogP contribution in [0.1, 0.15) is 32.6 Å². The molecular formula is C20H24ClN3O6. The molecule has 1 aromatic heterocycles. The van der Waals surface area contributed by atoms with Crippen LogP contribution < -0.4 is 9.80 Å². The Labute approximate surface area is 178 Å². The minimum Gasteiger partial charge on any atom is -0.444 e. The van der Waals surface area contributed by atoms with Gasteiger partial charge in [0, 0.05) is 18.7 Å². The maximum Gasteiger partial charge on any atom is 0.416 e. The minimum absolute atomic E-state index is 0.0462. The molecule has 1 amide bonds. The first-order chi connectivity index (χ1) is 14.4. The fourth-order valence-electron chi connectivity index (χ4n) is 4.41. The Bertz CT molecular complexity index is 965. The summed E-state index contributed by atoms with van der Waals surface area (Å²) in [4.78, 5) is 15.9. The molecule has 0 spiro atoms. The molecule has 3 saturated heterocycles. The number of fused-ring (bicyclic) bond motifs is 1. The molecule has 10 heteroatoms. The van der Waals surface area contributed by atoms with E-state index in [0.717, 1.165) is 11.3 Å². The summed E-state index contributed by atoms with van der Waals surface area (Å²) < 4.78 is 28.4. The summed E-state index contributed by atoms with van der Waals surface area (Å²) in [6, 6.07) is 1.90. The number of nitrogens with zero attached hydrogens (tertiary/aromatic N) is 3. The van der Waals surface area contributed by atoms with Gasteiger partial charge in [-0.2, -0.15) is 0 Å². The Morgan fingerprint density at radius 2 is 1.77 bits per heavy atom. The van der Waals surface area contributed by atoms with Crippen LogP contribution in [0, 0.1) is 0 Å². The molecule has 0 aliphatic carbocycles. The molecule has 3 aliphatic heterocycles. The number of morpholine rings is 1. The van der Waals surface area contributed by atoms with Crippen molar-refractivity contribution >= 4 is 40.2 Å². The maximum atomic E-state index is 12.3. The molecule has 1 aromatic carbocycles. The van der Waals surface area contributed by atoms with Crippen molar-refractivity contribution in [2.75, 3.05) is 42.6 Å². The first-order valence-corrected chi connectivity index (χ1v) is 10.5. The number of hydrogen-bond acceptors (Lipinski definition) is 8. The fraction of sp³-hybridized carbons (Fsp3) is 0.600. The van der Waals surface area contributed by atoms with E-state index in [-0.39, 0.29) is 18.3 Å². The average molecular weight is 438 g/mol. The quantitative estimate of drug-likeness (QED) is 0.721. The lowest BCUT2D eigenvalue weighted by atomic mass is 10.1. The Balaban J connectivity index is 1.65. The van der Waals surface area contributed by atoms with E-state index in [1.165, 1.54) is 4.90 Å². The molecule has 3 aliphatic rings. The van der Waals surface area contributed by atoms with Gasteiger partial charge in [-0.15, -0.1) is 0 Å². The highest BCUT2D eigenvalue weighted by atomic mass is 35.5. The van der Waals surface area contributed by atoms with E-state index in [1.54, 1.807) is 0 Å². The summed E-state index contributed by atoms with van der Waals surface area (Å²) in [5.74, 6) is 0.385. The Kier molecular flexibility index (Phi) is 5.01. The maximum absolute atomic E-state index is 12.3. The van der Waals surface area contributed by atoms with Crippen LogP contribution >= 0.6 is 11.6 Å². The zero-order valence-electron chi connectivity index (χ0n) is 17.1. The van der Waals surface area contributed by atoms with Gasteiger partial charge in [0.2, 0.25) is 0 Å². The van der Waals surface area contributed by atoms with Gasteiger partial charge in [0.15, 0.2) is 17.7 Å². The van der Waals surface area contributed by atoms with E-state index >= 15 is 0 Å². The van der Waals surface area contributed by atoms with Gasteiger partial charge < -0.3 is 28.4 Å². The summed E-state index contributed by atoms with van der Waals surface area (Å²) in [5.41, 5.74) is 2.00. The number of cyclic esters (lactones) is 1. The predicted octanol–water partition coefficient (Wildman–Crippen LogP) is 3.49. The summed E-state index contributed by atoms with van der Waals surface area (Å²) in [6.07, 6.45) is -1.14. The van der Waals surface area contributed by atoms with Crippen molar-refractivity contribution < 1.29 is 28.3 Å². The van der Waals surface area contributed by atoms with Crippen molar-refractivity contribution in [3.05, 3.63) is 16.7 Å². The molecule has 3 atom stereocenters. The van der Waals surface area contributed by atoms with Crippen LogP contribution in [0.25, 0.3) is 11.0 Å². The van der Waals surface area contributed by atoms with Gasteiger partial charge in [0.25, 0.3) is 0 Å².